The molecule has 2 aromatic rings. The van der Waals surface area contributed by atoms with Gasteiger partial charge in [-0.15, -0.1) is 0 Å². The van der Waals surface area contributed by atoms with Crippen LogP contribution in [0, 0.1) is 0 Å². The van der Waals surface area contributed by atoms with Crippen LogP contribution in [0.3, 0.4) is 0 Å². The molecule has 0 aliphatic carbocycles. The molecule has 1 fully saturated rings. The highest BCUT2D eigenvalue weighted by molar-refractivity contribution is 5.76. The number of rotatable bonds is 5. The first-order chi connectivity index (χ1) is 10.8. The summed E-state index contributed by atoms with van der Waals surface area (Å²) < 4.78 is 1.87. The van der Waals surface area contributed by atoms with Crippen molar-refractivity contribution in [2.24, 2.45) is 0 Å². The third-order valence-electron chi connectivity index (χ3n) is 4.11. The average molecular weight is 299 g/mol. The van der Waals surface area contributed by atoms with Crippen LogP contribution in [-0.2, 0) is 11.2 Å². The van der Waals surface area contributed by atoms with Crippen LogP contribution in [0.1, 0.15) is 37.4 Å². The van der Waals surface area contributed by atoms with Gasteiger partial charge >= 0.3 is 0 Å². The van der Waals surface area contributed by atoms with Crippen molar-refractivity contribution in [1.82, 2.24) is 24.6 Å². The molecule has 1 unspecified atom stereocenters. The zero-order valence-corrected chi connectivity index (χ0v) is 12.6. The van der Waals surface area contributed by atoms with Gasteiger partial charge in [0.1, 0.15) is 12.7 Å². The Morgan fingerprint density at radius 2 is 2.32 bits per heavy atom. The Morgan fingerprint density at radius 3 is 3.09 bits per heavy atom. The van der Waals surface area contributed by atoms with E-state index in [-0.39, 0.29) is 11.9 Å². The predicted molar refractivity (Wildman–Crippen MR) is 82.0 cm³/mol. The molecule has 0 aromatic carbocycles. The molecule has 1 aliphatic heterocycles. The van der Waals surface area contributed by atoms with Crippen molar-refractivity contribution in [2.75, 3.05) is 13.1 Å². The van der Waals surface area contributed by atoms with Gasteiger partial charge in [0.2, 0.25) is 5.91 Å². The Hall–Kier alpha value is -2.24. The lowest BCUT2D eigenvalue weighted by Crippen LogP contribution is -2.40. The molecule has 3 rings (SSSR count). The van der Waals surface area contributed by atoms with Crippen molar-refractivity contribution in [3.63, 3.8) is 0 Å². The van der Waals surface area contributed by atoms with E-state index in [0.29, 0.717) is 6.42 Å². The molecule has 3 heterocycles. The van der Waals surface area contributed by atoms with Gasteiger partial charge in [-0.3, -0.25) is 9.78 Å². The zero-order valence-electron chi connectivity index (χ0n) is 12.6. The SMILES string of the molecule is O=C(CCCc1ccccn1)N1CCCC(n2cncn2)C1. The molecule has 116 valence electrons. The van der Waals surface area contributed by atoms with Crippen molar-refractivity contribution in [2.45, 2.75) is 38.1 Å². The molecular weight excluding hydrogens is 278 g/mol. The first-order valence-corrected chi connectivity index (χ1v) is 7.85. The van der Waals surface area contributed by atoms with Gasteiger partial charge in [-0.05, 0) is 37.8 Å². The van der Waals surface area contributed by atoms with Gasteiger partial charge in [-0.2, -0.15) is 5.10 Å². The van der Waals surface area contributed by atoms with Crippen molar-refractivity contribution in [3.8, 4) is 0 Å². The number of amides is 1. The quantitative estimate of drug-likeness (QED) is 0.845. The minimum absolute atomic E-state index is 0.237. The summed E-state index contributed by atoms with van der Waals surface area (Å²) in [6, 6.07) is 6.16. The van der Waals surface area contributed by atoms with Crippen LogP contribution >= 0.6 is 0 Å². The number of carbonyl (C=O) groups is 1. The molecule has 1 atom stereocenters. The van der Waals surface area contributed by atoms with Crippen LogP contribution < -0.4 is 0 Å². The Bertz CT molecular complexity index is 584. The number of nitrogens with zero attached hydrogens (tertiary/aromatic N) is 5. The van der Waals surface area contributed by atoms with Crippen molar-refractivity contribution >= 4 is 5.91 Å². The van der Waals surface area contributed by atoms with E-state index >= 15 is 0 Å². The Morgan fingerprint density at radius 1 is 1.36 bits per heavy atom. The number of hydrogen-bond acceptors (Lipinski definition) is 4. The summed E-state index contributed by atoms with van der Waals surface area (Å²) in [6.07, 6.45) is 9.45. The molecule has 0 saturated carbocycles. The second-order valence-electron chi connectivity index (χ2n) is 5.69. The molecule has 0 bridgehead atoms. The van der Waals surface area contributed by atoms with Gasteiger partial charge in [0.15, 0.2) is 0 Å². The van der Waals surface area contributed by atoms with Crippen LogP contribution in [0.25, 0.3) is 0 Å². The second-order valence-corrected chi connectivity index (χ2v) is 5.69. The van der Waals surface area contributed by atoms with Gasteiger partial charge in [0.05, 0.1) is 6.04 Å². The van der Waals surface area contributed by atoms with Crippen molar-refractivity contribution in [3.05, 3.63) is 42.7 Å². The third-order valence-corrected chi connectivity index (χ3v) is 4.11. The maximum Gasteiger partial charge on any atom is 0.222 e. The highest BCUT2D eigenvalue weighted by Crippen LogP contribution is 2.21. The van der Waals surface area contributed by atoms with Gasteiger partial charge in [0, 0.05) is 31.4 Å². The van der Waals surface area contributed by atoms with Gasteiger partial charge < -0.3 is 4.90 Å². The van der Waals surface area contributed by atoms with Crippen LogP contribution in [0.2, 0.25) is 0 Å². The molecule has 1 saturated heterocycles. The summed E-state index contributed by atoms with van der Waals surface area (Å²) in [4.78, 5) is 22.6. The fraction of sp³-hybridized carbons (Fsp3) is 0.500. The number of pyridine rings is 1. The smallest absolute Gasteiger partial charge is 0.222 e. The van der Waals surface area contributed by atoms with Crippen LogP contribution in [0.5, 0.6) is 0 Å². The van der Waals surface area contributed by atoms with Crippen LogP contribution in [-0.4, -0.2) is 43.6 Å². The van der Waals surface area contributed by atoms with E-state index < -0.39 is 0 Å². The summed E-state index contributed by atoms with van der Waals surface area (Å²) in [5, 5.41) is 4.19. The van der Waals surface area contributed by atoms with Crippen molar-refractivity contribution in [1.29, 1.82) is 0 Å². The highest BCUT2D eigenvalue weighted by atomic mass is 16.2. The van der Waals surface area contributed by atoms with E-state index in [0.717, 1.165) is 44.5 Å². The second kappa shape index (κ2) is 7.15. The van der Waals surface area contributed by atoms with Gasteiger partial charge in [-0.25, -0.2) is 9.67 Å². The maximum atomic E-state index is 12.4. The van der Waals surface area contributed by atoms with E-state index in [9.17, 15) is 4.79 Å². The molecular formula is C16H21N5O. The van der Waals surface area contributed by atoms with E-state index in [1.165, 1.54) is 0 Å². The number of aromatic nitrogens is 4. The topological polar surface area (TPSA) is 63.9 Å². The molecule has 22 heavy (non-hydrogen) atoms. The zero-order chi connectivity index (χ0) is 15.2. The summed E-state index contributed by atoms with van der Waals surface area (Å²) in [6.45, 7) is 1.60. The molecule has 6 nitrogen and oxygen atoms in total. The highest BCUT2D eigenvalue weighted by Gasteiger charge is 2.24. The first-order valence-electron chi connectivity index (χ1n) is 7.85. The monoisotopic (exact) mass is 299 g/mol. The fourth-order valence-electron chi connectivity index (χ4n) is 2.93. The summed E-state index contributed by atoms with van der Waals surface area (Å²) in [7, 11) is 0. The standard InChI is InChI=1S/C16H21N5O/c22-16(8-3-6-14-5-1-2-9-18-14)20-10-4-7-15(11-20)21-13-17-12-19-21/h1-2,5,9,12-13,15H,3-4,6-8,10-11H2. The van der Waals surface area contributed by atoms with Crippen LogP contribution in [0.4, 0.5) is 0 Å². The molecule has 0 N–H and O–H groups in total. The van der Waals surface area contributed by atoms with Crippen LogP contribution in [0.15, 0.2) is 37.1 Å². The molecule has 6 heteroatoms. The maximum absolute atomic E-state index is 12.4. The summed E-state index contributed by atoms with van der Waals surface area (Å²) in [5.41, 5.74) is 1.05. The van der Waals surface area contributed by atoms with E-state index in [4.69, 9.17) is 0 Å². The lowest BCUT2D eigenvalue weighted by molar-refractivity contribution is -0.133. The Balaban J connectivity index is 1.47. The number of likely N-dealkylation sites (tertiary alicyclic amines) is 1. The predicted octanol–water partition coefficient (Wildman–Crippen LogP) is 1.86. The summed E-state index contributed by atoms with van der Waals surface area (Å²) >= 11 is 0. The largest absolute Gasteiger partial charge is 0.341 e. The lowest BCUT2D eigenvalue weighted by Gasteiger charge is -2.32. The number of piperidine rings is 1. The van der Waals surface area contributed by atoms with E-state index in [2.05, 4.69) is 15.1 Å². The molecule has 1 aliphatic rings. The third kappa shape index (κ3) is 3.69. The number of hydrogen-bond donors (Lipinski definition) is 0. The van der Waals surface area contributed by atoms with Gasteiger partial charge in [-0.1, -0.05) is 6.07 Å². The Labute approximate surface area is 130 Å². The van der Waals surface area contributed by atoms with Crippen molar-refractivity contribution < 1.29 is 4.79 Å². The fourth-order valence-corrected chi connectivity index (χ4v) is 2.93. The first kappa shape index (κ1) is 14.7. The minimum Gasteiger partial charge on any atom is -0.341 e. The lowest BCUT2D eigenvalue weighted by atomic mass is 10.0. The Kier molecular flexibility index (Phi) is 4.78. The molecule has 1 amide bonds. The molecule has 0 spiro atoms. The van der Waals surface area contributed by atoms with E-state index in [1.807, 2.05) is 27.8 Å². The molecule has 0 radical (unpaired) electrons. The summed E-state index contributed by atoms with van der Waals surface area (Å²) in [5.74, 6) is 0.237. The van der Waals surface area contributed by atoms with E-state index in [1.54, 1.807) is 18.9 Å². The van der Waals surface area contributed by atoms with Gasteiger partial charge in [0.25, 0.3) is 0 Å². The minimum atomic E-state index is 0.237. The molecule has 2 aromatic heterocycles. The number of aryl methyl sites for hydroxylation is 1. The normalized spacial score (nSPS) is 18.4. The average Bonchev–Trinajstić information content (AvgIpc) is 3.10. The number of carbonyl (C=O) groups excluding carboxylic acids is 1.